The molecule has 1 fully saturated rings. The molecule has 0 radical (unpaired) electrons. The van der Waals surface area contributed by atoms with Gasteiger partial charge in [0, 0.05) is 38.9 Å². The summed E-state index contributed by atoms with van der Waals surface area (Å²) in [6, 6.07) is 6.09. The summed E-state index contributed by atoms with van der Waals surface area (Å²) in [4.78, 5) is 27.3. The van der Waals surface area contributed by atoms with E-state index < -0.39 is 11.8 Å². The van der Waals surface area contributed by atoms with Crippen molar-refractivity contribution in [1.29, 1.82) is 0 Å². The first-order chi connectivity index (χ1) is 10.6. The minimum atomic E-state index is -0.635. The lowest BCUT2D eigenvalue weighted by molar-refractivity contribution is -0.137. The third kappa shape index (κ3) is 4.44. The van der Waals surface area contributed by atoms with Crippen molar-refractivity contribution < 1.29 is 19.4 Å². The summed E-state index contributed by atoms with van der Waals surface area (Å²) in [5.41, 5.74) is 0.547. The van der Waals surface area contributed by atoms with E-state index >= 15 is 0 Å². The summed E-state index contributed by atoms with van der Waals surface area (Å²) in [6.45, 7) is 4.22. The summed E-state index contributed by atoms with van der Waals surface area (Å²) in [6.07, 6.45) is 0. The van der Waals surface area contributed by atoms with Crippen LogP contribution in [0.2, 0.25) is 0 Å². The van der Waals surface area contributed by atoms with E-state index in [9.17, 15) is 14.7 Å². The summed E-state index contributed by atoms with van der Waals surface area (Å²) in [7, 11) is 1.52. The highest BCUT2D eigenvalue weighted by Crippen LogP contribution is 2.17. The highest BCUT2D eigenvalue weighted by Gasteiger charge is 2.20. The van der Waals surface area contributed by atoms with Crippen LogP contribution in [0.3, 0.4) is 0 Å². The lowest BCUT2D eigenvalue weighted by Gasteiger charge is -2.26. The Hall–Kier alpha value is -2.12. The summed E-state index contributed by atoms with van der Waals surface area (Å²) in [5.74, 6) is -1.16. The van der Waals surface area contributed by atoms with E-state index in [4.69, 9.17) is 4.74 Å². The number of nitrogens with zero attached hydrogens (tertiary/aromatic N) is 2. The van der Waals surface area contributed by atoms with Crippen LogP contribution in [0.5, 0.6) is 5.75 Å². The Morgan fingerprint density at radius 1 is 1.27 bits per heavy atom. The molecule has 2 amide bonds. The van der Waals surface area contributed by atoms with Gasteiger partial charge in [-0.05, 0) is 24.3 Å². The molecule has 2 N–H and O–H groups in total. The number of amides is 2. The van der Waals surface area contributed by atoms with Crippen molar-refractivity contribution in [1.82, 2.24) is 10.2 Å². The Morgan fingerprint density at radius 2 is 1.91 bits per heavy atom. The first-order valence-electron chi connectivity index (χ1n) is 7.23. The maximum absolute atomic E-state index is 12.0. The molecule has 0 saturated carbocycles. The zero-order valence-corrected chi connectivity index (χ0v) is 12.6. The molecule has 120 valence electrons. The number of hydrogen-bond donors (Lipinski definition) is 2. The molecular formula is C15H21N3O4. The second kappa shape index (κ2) is 7.77. The van der Waals surface area contributed by atoms with Gasteiger partial charge in [-0.3, -0.25) is 14.5 Å². The summed E-state index contributed by atoms with van der Waals surface area (Å²) < 4.78 is 5.25. The van der Waals surface area contributed by atoms with Crippen molar-refractivity contribution in [2.75, 3.05) is 51.3 Å². The molecule has 7 heteroatoms. The van der Waals surface area contributed by atoms with E-state index in [1.165, 1.54) is 24.1 Å². The van der Waals surface area contributed by atoms with Gasteiger partial charge in [-0.25, -0.2) is 0 Å². The van der Waals surface area contributed by atoms with Gasteiger partial charge in [-0.15, -0.1) is 0 Å². The van der Waals surface area contributed by atoms with Crippen molar-refractivity contribution in [3.8, 4) is 5.75 Å². The average Bonchev–Trinajstić information content (AvgIpc) is 2.55. The molecule has 1 heterocycles. The van der Waals surface area contributed by atoms with Gasteiger partial charge < -0.3 is 20.1 Å². The third-order valence-electron chi connectivity index (χ3n) is 3.55. The molecule has 1 aliphatic heterocycles. The molecule has 0 aliphatic carbocycles. The van der Waals surface area contributed by atoms with Crippen LogP contribution in [-0.4, -0.2) is 68.3 Å². The summed E-state index contributed by atoms with van der Waals surface area (Å²) in [5, 5.41) is 11.9. The molecule has 2 rings (SSSR count). The van der Waals surface area contributed by atoms with Gasteiger partial charge in [0.2, 0.25) is 0 Å². The van der Waals surface area contributed by atoms with Crippen molar-refractivity contribution in [2.24, 2.45) is 0 Å². The van der Waals surface area contributed by atoms with Crippen molar-refractivity contribution in [3.05, 3.63) is 24.3 Å². The number of ether oxygens (including phenoxy) is 1. The van der Waals surface area contributed by atoms with E-state index in [0.29, 0.717) is 32.0 Å². The molecule has 7 nitrogen and oxygen atoms in total. The second-order valence-electron chi connectivity index (χ2n) is 5.09. The largest absolute Gasteiger partial charge is 0.508 e. The van der Waals surface area contributed by atoms with Crippen LogP contribution in [0, 0.1) is 0 Å². The van der Waals surface area contributed by atoms with E-state index in [0.717, 1.165) is 13.1 Å². The van der Waals surface area contributed by atoms with Crippen LogP contribution < -0.4 is 10.2 Å². The topological polar surface area (TPSA) is 82.1 Å². The minimum absolute atomic E-state index is 0.111. The fourth-order valence-corrected chi connectivity index (χ4v) is 2.17. The van der Waals surface area contributed by atoms with Gasteiger partial charge in [-0.2, -0.15) is 0 Å². The second-order valence-corrected chi connectivity index (χ2v) is 5.09. The van der Waals surface area contributed by atoms with Crippen molar-refractivity contribution in [2.45, 2.75) is 0 Å². The molecule has 0 unspecified atom stereocenters. The van der Waals surface area contributed by atoms with Gasteiger partial charge in [-0.1, -0.05) is 0 Å². The normalized spacial score (nSPS) is 15.3. The fourth-order valence-electron chi connectivity index (χ4n) is 2.17. The first-order valence-corrected chi connectivity index (χ1v) is 7.23. The van der Waals surface area contributed by atoms with Crippen molar-refractivity contribution in [3.63, 3.8) is 0 Å². The maximum Gasteiger partial charge on any atom is 0.316 e. The van der Waals surface area contributed by atoms with Crippen LogP contribution in [0.4, 0.5) is 5.69 Å². The highest BCUT2D eigenvalue weighted by atomic mass is 16.5. The molecule has 1 aromatic rings. The number of anilines is 1. The Labute approximate surface area is 129 Å². The molecule has 0 atom stereocenters. The Kier molecular flexibility index (Phi) is 5.74. The van der Waals surface area contributed by atoms with E-state index in [1.54, 1.807) is 12.1 Å². The number of aromatic hydroxyl groups is 1. The van der Waals surface area contributed by atoms with E-state index in [-0.39, 0.29) is 5.75 Å². The van der Waals surface area contributed by atoms with Gasteiger partial charge in [0.25, 0.3) is 0 Å². The number of phenols is 1. The third-order valence-corrected chi connectivity index (χ3v) is 3.55. The molecule has 1 aliphatic rings. The number of carbonyl (C=O) groups excluding carboxylic acids is 2. The molecule has 0 aromatic heterocycles. The highest BCUT2D eigenvalue weighted by molar-refractivity contribution is 6.40. The van der Waals surface area contributed by atoms with Gasteiger partial charge in [0.1, 0.15) is 5.75 Å². The van der Waals surface area contributed by atoms with Crippen LogP contribution in [0.1, 0.15) is 0 Å². The number of likely N-dealkylation sites (N-methyl/N-ethyl adjacent to an activating group) is 1. The zero-order chi connectivity index (χ0) is 15.9. The lowest BCUT2D eigenvalue weighted by Crippen LogP contribution is -2.45. The predicted octanol–water partition coefficient (Wildman–Crippen LogP) is -0.197. The Balaban J connectivity index is 1.78. The average molecular weight is 307 g/mol. The smallest absolute Gasteiger partial charge is 0.316 e. The molecule has 0 bridgehead atoms. The number of rotatable bonds is 4. The molecule has 0 spiro atoms. The van der Waals surface area contributed by atoms with Crippen LogP contribution >= 0.6 is 0 Å². The van der Waals surface area contributed by atoms with Crippen LogP contribution in [0.15, 0.2) is 24.3 Å². The number of carbonyl (C=O) groups is 2. The summed E-state index contributed by atoms with van der Waals surface area (Å²) >= 11 is 0. The lowest BCUT2D eigenvalue weighted by atomic mass is 10.3. The van der Waals surface area contributed by atoms with Gasteiger partial charge in [0.05, 0.1) is 13.2 Å². The fraction of sp³-hybridized carbons (Fsp3) is 0.467. The molecule has 22 heavy (non-hydrogen) atoms. The van der Waals surface area contributed by atoms with Gasteiger partial charge in [0.15, 0.2) is 0 Å². The molecule has 1 saturated heterocycles. The van der Waals surface area contributed by atoms with E-state index in [1.807, 2.05) is 0 Å². The zero-order valence-electron chi connectivity index (χ0n) is 12.6. The Bertz CT molecular complexity index is 512. The number of nitrogens with one attached hydrogen (secondary N) is 1. The number of hydrogen-bond acceptors (Lipinski definition) is 5. The maximum atomic E-state index is 12.0. The number of benzene rings is 1. The van der Waals surface area contributed by atoms with E-state index in [2.05, 4.69) is 10.2 Å². The van der Waals surface area contributed by atoms with Crippen LogP contribution in [-0.2, 0) is 14.3 Å². The Morgan fingerprint density at radius 3 is 2.55 bits per heavy atom. The molecular weight excluding hydrogens is 286 g/mol. The quantitative estimate of drug-likeness (QED) is 0.753. The standard InChI is InChI=1S/C15H21N3O4/c1-17(12-2-4-13(19)5-3-12)15(21)14(20)16-6-7-18-8-10-22-11-9-18/h2-5,19H,6-11H2,1H3,(H,16,20). The molecule has 1 aromatic carbocycles. The van der Waals surface area contributed by atoms with Gasteiger partial charge >= 0.3 is 11.8 Å². The SMILES string of the molecule is CN(C(=O)C(=O)NCCN1CCOCC1)c1ccc(O)cc1. The number of phenolic OH excluding ortho intramolecular Hbond substituents is 1. The first kappa shape index (κ1) is 16.3. The minimum Gasteiger partial charge on any atom is -0.508 e. The van der Waals surface area contributed by atoms with Crippen molar-refractivity contribution >= 4 is 17.5 Å². The monoisotopic (exact) mass is 307 g/mol. The predicted molar refractivity (Wildman–Crippen MR) is 81.8 cm³/mol. The number of morpholine rings is 1. The van der Waals surface area contributed by atoms with Crippen LogP contribution in [0.25, 0.3) is 0 Å².